The molecule has 1 aliphatic rings. The summed E-state index contributed by atoms with van der Waals surface area (Å²) >= 11 is 0. The van der Waals surface area contributed by atoms with Crippen LogP contribution in [0.4, 0.5) is 0 Å². The molecular weight excluding hydrogens is 280 g/mol. The van der Waals surface area contributed by atoms with E-state index in [2.05, 4.69) is 4.98 Å². The zero-order valence-corrected chi connectivity index (χ0v) is 13.7. The van der Waals surface area contributed by atoms with Crippen LogP contribution in [-0.2, 0) is 0 Å². The summed E-state index contributed by atoms with van der Waals surface area (Å²) in [6.07, 6.45) is 4.45. The maximum absolute atomic E-state index is 12.7. The highest BCUT2D eigenvalue weighted by Crippen LogP contribution is 2.29. The van der Waals surface area contributed by atoms with E-state index in [0.717, 1.165) is 25.8 Å². The Morgan fingerprint density at radius 2 is 2.36 bits per heavy atom. The fourth-order valence-electron chi connectivity index (χ4n) is 2.70. The Morgan fingerprint density at radius 1 is 1.59 bits per heavy atom. The minimum Gasteiger partial charge on any atom is -0.475 e. The number of carbonyl (C=O) groups is 1. The third kappa shape index (κ3) is 3.97. The van der Waals surface area contributed by atoms with Gasteiger partial charge in [0.05, 0.1) is 12.7 Å². The van der Waals surface area contributed by atoms with Crippen LogP contribution in [0.1, 0.15) is 50.4 Å². The molecule has 0 spiro atoms. The molecule has 1 aromatic heterocycles. The summed E-state index contributed by atoms with van der Waals surface area (Å²) in [7, 11) is 0. The van der Waals surface area contributed by atoms with Crippen LogP contribution in [0.5, 0.6) is 5.88 Å². The number of amides is 1. The summed E-state index contributed by atoms with van der Waals surface area (Å²) in [4.78, 5) is 18.7. The average molecular weight is 306 g/mol. The first-order chi connectivity index (χ1) is 10.5. The van der Waals surface area contributed by atoms with Crippen molar-refractivity contribution in [2.75, 3.05) is 19.7 Å². The lowest BCUT2D eigenvalue weighted by Crippen LogP contribution is -2.46. The highest BCUT2D eigenvalue weighted by atomic mass is 16.5. The predicted molar refractivity (Wildman–Crippen MR) is 84.9 cm³/mol. The van der Waals surface area contributed by atoms with Gasteiger partial charge in [-0.2, -0.15) is 0 Å². The fraction of sp³-hybridized carbons (Fsp3) is 0.647. The Bertz CT molecular complexity index is 520. The van der Waals surface area contributed by atoms with Crippen LogP contribution < -0.4 is 4.74 Å². The smallest absolute Gasteiger partial charge is 0.254 e. The number of carbonyl (C=O) groups excluding carboxylic acids is 1. The van der Waals surface area contributed by atoms with Crippen LogP contribution >= 0.6 is 0 Å². The molecule has 1 N–H and O–H groups in total. The number of rotatable bonds is 5. The van der Waals surface area contributed by atoms with E-state index in [1.54, 1.807) is 18.3 Å². The summed E-state index contributed by atoms with van der Waals surface area (Å²) in [5.74, 6) is 0.470. The topological polar surface area (TPSA) is 62.7 Å². The first kappa shape index (κ1) is 16.7. The van der Waals surface area contributed by atoms with Crippen LogP contribution in [0.3, 0.4) is 0 Å². The van der Waals surface area contributed by atoms with Gasteiger partial charge in [0.15, 0.2) is 0 Å². The Morgan fingerprint density at radius 3 is 3.05 bits per heavy atom. The Balaban J connectivity index is 2.10. The van der Waals surface area contributed by atoms with Gasteiger partial charge in [-0.05, 0) is 32.3 Å². The first-order valence-corrected chi connectivity index (χ1v) is 8.00. The molecule has 0 aromatic carbocycles. The van der Waals surface area contributed by atoms with E-state index < -0.39 is 0 Å². The van der Waals surface area contributed by atoms with Gasteiger partial charge >= 0.3 is 0 Å². The van der Waals surface area contributed by atoms with Crippen molar-refractivity contribution < 1.29 is 14.6 Å². The van der Waals surface area contributed by atoms with Crippen LogP contribution in [0.25, 0.3) is 0 Å². The second kappa shape index (κ2) is 7.09. The quantitative estimate of drug-likeness (QED) is 0.908. The second-order valence-electron chi connectivity index (χ2n) is 6.52. The minimum atomic E-state index is -0.197. The second-order valence-corrected chi connectivity index (χ2v) is 6.52. The van der Waals surface area contributed by atoms with E-state index in [1.807, 2.05) is 25.7 Å². The lowest BCUT2D eigenvalue weighted by molar-refractivity contribution is 0.0357. The summed E-state index contributed by atoms with van der Waals surface area (Å²) in [5.41, 5.74) is 0.396. The molecule has 1 amide bonds. The van der Waals surface area contributed by atoms with Gasteiger partial charge in [0.1, 0.15) is 0 Å². The van der Waals surface area contributed by atoms with Crippen molar-refractivity contribution in [1.82, 2.24) is 9.88 Å². The van der Waals surface area contributed by atoms with Crippen LogP contribution in [0, 0.1) is 5.41 Å². The largest absolute Gasteiger partial charge is 0.475 e. The zero-order valence-electron chi connectivity index (χ0n) is 13.7. The normalized spacial score (nSPS) is 23.2. The van der Waals surface area contributed by atoms with E-state index >= 15 is 0 Å². The summed E-state index contributed by atoms with van der Waals surface area (Å²) in [6, 6.07) is 3.43. The molecule has 122 valence electrons. The molecule has 2 heterocycles. The maximum Gasteiger partial charge on any atom is 0.254 e. The fourth-order valence-corrected chi connectivity index (χ4v) is 2.70. The molecule has 0 radical (unpaired) electrons. The number of nitrogens with zero attached hydrogens (tertiary/aromatic N) is 2. The zero-order chi connectivity index (χ0) is 16.2. The number of aromatic nitrogens is 1. The summed E-state index contributed by atoms with van der Waals surface area (Å²) in [6.45, 7) is 7.48. The number of aliphatic hydroxyl groups excluding tert-OH is 1. The number of pyridine rings is 1. The van der Waals surface area contributed by atoms with Gasteiger partial charge in [-0.1, -0.05) is 13.8 Å². The van der Waals surface area contributed by atoms with Crippen LogP contribution in [0.15, 0.2) is 18.3 Å². The Labute approximate surface area is 132 Å². The third-order valence-electron chi connectivity index (χ3n) is 4.33. The average Bonchev–Trinajstić information content (AvgIpc) is 2.54. The minimum absolute atomic E-state index is 0.0178. The molecule has 1 aromatic rings. The highest BCUT2D eigenvalue weighted by Gasteiger charge is 2.33. The highest BCUT2D eigenvalue weighted by molar-refractivity contribution is 5.94. The molecular formula is C17H26N2O3. The number of hydrogen-bond donors (Lipinski definition) is 1. The first-order valence-electron chi connectivity index (χ1n) is 8.00. The van der Waals surface area contributed by atoms with Crippen molar-refractivity contribution in [3.8, 4) is 5.88 Å². The lowest BCUT2D eigenvalue weighted by atomic mass is 9.82. The third-order valence-corrected chi connectivity index (χ3v) is 4.33. The van der Waals surface area contributed by atoms with Gasteiger partial charge in [0.25, 0.3) is 5.91 Å². The van der Waals surface area contributed by atoms with Crippen molar-refractivity contribution in [3.05, 3.63) is 23.9 Å². The molecule has 0 unspecified atom stereocenters. The Kier molecular flexibility index (Phi) is 5.40. The number of ether oxygens (including phenoxy) is 1. The number of piperidine rings is 1. The molecule has 0 bridgehead atoms. The molecule has 1 fully saturated rings. The lowest BCUT2D eigenvalue weighted by Gasteiger charge is -2.39. The van der Waals surface area contributed by atoms with Crippen molar-refractivity contribution in [2.24, 2.45) is 5.41 Å². The van der Waals surface area contributed by atoms with Crippen molar-refractivity contribution in [1.29, 1.82) is 0 Å². The maximum atomic E-state index is 12.7. The standard InChI is InChI=1S/C17H26N2O3/c1-4-13(2)22-15-10-14(6-8-18-15)16(21)19-9-5-7-17(3,11-19)12-20/h6,8,10,13,20H,4-5,7,9,11-12H2,1-3H3/t13-,17+/m0/s1. The van der Waals surface area contributed by atoms with Gasteiger partial charge < -0.3 is 14.7 Å². The van der Waals surface area contributed by atoms with Crippen molar-refractivity contribution >= 4 is 5.91 Å². The van der Waals surface area contributed by atoms with E-state index in [4.69, 9.17) is 4.74 Å². The number of aliphatic hydroxyl groups is 1. The molecule has 0 aliphatic carbocycles. The molecule has 1 aliphatic heterocycles. The van der Waals surface area contributed by atoms with E-state index in [-0.39, 0.29) is 24.0 Å². The molecule has 2 rings (SSSR count). The molecule has 2 atom stereocenters. The molecule has 5 heteroatoms. The molecule has 5 nitrogen and oxygen atoms in total. The SMILES string of the molecule is CC[C@H](C)Oc1cc(C(=O)N2CCC[C@@](C)(CO)C2)ccn1. The molecule has 1 saturated heterocycles. The van der Waals surface area contributed by atoms with Gasteiger partial charge in [0.2, 0.25) is 5.88 Å². The predicted octanol–water partition coefficient (Wildman–Crippen LogP) is 2.49. The van der Waals surface area contributed by atoms with Crippen LogP contribution in [-0.4, -0.2) is 46.7 Å². The number of likely N-dealkylation sites (tertiary alicyclic amines) is 1. The summed E-state index contributed by atoms with van der Waals surface area (Å²) < 4.78 is 5.68. The van der Waals surface area contributed by atoms with Crippen molar-refractivity contribution in [3.63, 3.8) is 0 Å². The van der Waals surface area contributed by atoms with Crippen molar-refractivity contribution in [2.45, 2.75) is 46.1 Å². The van der Waals surface area contributed by atoms with Gasteiger partial charge in [0, 0.05) is 36.3 Å². The van der Waals surface area contributed by atoms with Crippen LogP contribution in [0.2, 0.25) is 0 Å². The number of hydrogen-bond acceptors (Lipinski definition) is 4. The monoisotopic (exact) mass is 306 g/mol. The molecule has 0 saturated carbocycles. The van der Waals surface area contributed by atoms with E-state index in [9.17, 15) is 9.90 Å². The van der Waals surface area contributed by atoms with Gasteiger partial charge in [-0.15, -0.1) is 0 Å². The van der Waals surface area contributed by atoms with Gasteiger partial charge in [-0.3, -0.25) is 4.79 Å². The Hall–Kier alpha value is -1.62. The molecule has 22 heavy (non-hydrogen) atoms. The van der Waals surface area contributed by atoms with E-state index in [1.165, 1.54) is 0 Å². The van der Waals surface area contributed by atoms with Gasteiger partial charge in [-0.25, -0.2) is 4.98 Å². The summed E-state index contributed by atoms with van der Waals surface area (Å²) in [5, 5.41) is 9.52. The van der Waals surface area contributed by atoms with E-state index in [0.29, 0.717) is 18.0 Å².